The van der Waals surface area contributed by atoms with Crippen molar-refractivity contribution in [2.75, 3.05) is 11.9 Å². The predicted octanol–water partition coefficient (Wildman–Crippen LogP) is 3.43. The Bertz CT molecular complexity index is 1180. The SMILES string of the molecule is CCOC(=O)c1c(NC(=O)c2ccn(COc3ccc(C)cc3C)n2)sc(C(N)=O)c1C. The summed E-state index contributed by atoms with van der Waals surface area (Å²) in [7, 11) is 0. The van der Waals surface area contributed by atoms with E-state index in [1.54, 1.807) is 20.0 Å². The number of primary amides is 1. The molecule has 0 atom stereocenters. The summed E-state index contributed by atoms with van der Waals surface area (Å²) < 4.78 is 12.3. The Morgan fingerprint density at radius 2 is 1.94 bits per heavy atom. The molecule has 10 heteroatoms. The first-order chi connectivity index (χ1) is 15.2. The summed E-state index contributed by atoms with van der Waals surface area (Å²) in [6, 6.07) is 7.38. The number of nitrogens with zero attached hydrogens (tertiary/aromatic N) is 2. The van der Waals surface area contributed by atoms with Gasteiger partial charge in [0.25, 0.3) is 11.8 Å². The van der Waals surface area contributed by atoms with E-state index in [9.17, 15) is 14.4 Å². The minimum absolute atomic E-state index is 0.108. The molecule has 0 saturated carbocycles. The summed E-state index contributed by atoms with van der Waals surface area (Å²) in [6.45, 7) is 7.48. The largest absolute Gasteiger partial charge is 0.471 e. The zero-order chi connectivity index (χ0) is 23.4. The van der Waals surface area contributed by atoms with Gasteiger partial charge < -0.3 is 20.5 Å². The number of esters is 1. The number of thiophene rings is 1. The van der Waals surface area contributed by atoms with E-state index < -0.39 is 17.8 Å². The highest BCUT2D eigenvalue weighted by molar-refractivity contribution is 7.18. The lowest BCUT2D eigenvalue weighted by molar-refractivity contribution is 0.0527. The maximum atomic E-state index is 12.7. The number of anilines is 1. The van der Waals surface area contributed by atoms with Crippen LogP contribution in [0.25, 0.3) is 0 Å². The van der Waals surface area contributed by atoms with Crippen molar-refractivity contribution in [3.8, 4) is 5.75 Å². The molecular formula is C22H24N4O5S. The fraction of sp³-hybridized carbons (Fsp3) is 0.273. The highest BCUT2D eigenvalue weighted by Crippen LogP contribution is 2.33. The van der Waals surface area contributed by atoms with Crippen LogP contribution in [0.5, 0.6) is 5.75 Å². The van der Waals surface area contributed by atoms with Crippen molar-refractivity contribution in [2.45, 2.75) is 34.4 Å². The number of carbonyl (C=O) groups excluding carboxylic acids is 3. The number of benzene rings is 1. The van der Waals surface area contributed by atoms with Crippen molar-refractivity contribution in [1.29, 1.82) is 0 Å². The Kier molecular flexibility index (Phi) is 6.94. The van der Waals surface area contributed by atoms with E-state index >= 15 is 0 Å². The van der Waals surface area contributed by atoms with Crippen molar-refractivity contribution in [3.63, 3.8) is 0 Å². The van der Waals surface area contributed by atoms with Crippen LogP contribution in [0.3, 0.4) is 0 Å². The van der Waals surface area contributed by atoms with E-state index in [0.717, 1.165) is 28.2 Å². The fourth-order valence-corrected chi connectivity index (χ4v) is 4.15. The Hall–Kier alpha value is -3.66. The topological polar surface area (TPSA) is 126 Å². The monoisotopic (exact) mass is 456 g/mol. The maximum Gasteiger partial charge on any atom is 0.341 e. The van der Waals surface area contributed by atoms with Gasteiger partial charge in [-0.05, 0) is 51.0 Å². The lowest BCUT2D eigenvalue weighted by atomic mass is 10.1. The molecule has 32 heavy (non-hydrogen) atoms. The lowest BCUT2D eigenvalue weighted by Gasteiger charge is -2.09. The quantitative estimate of drug-likeness (QED) is 0.500. The van der Waals surface area contributed by atoms with Crippen molar-refractivity contribution in [3.05, 3.63) is 63.3 Å². The summed E-state index contributed by atoms with van der Waals surface area (Å²) in [5.41, 5.74) is 8.12. The van der Waals surface area contributed by atoms with Gasteiger partial charge in [-0.2, -0.15) is 5.10 Å². The number of hydrogen-bond donors (Lipinski definition) is 2. The summed E-state index contributed by atoms with van der Waals surface area (Å²) in [5, 5.41) is 7.04. The molecule has 0 aliphatic carbocycles. The number of hydrogen-bond acceptors (Lipinski definition) is 7. The van der Waals surface area contributed by atoms with Crippen LogP contribution < -0.4 is 15.8 Å². The highest BCUT2D eigenvalue weighted by atomic mass is 32.1. The normalized spacial score (nSPS) is 10.6. The van der Waals surface area contributed by atoms with Crippen molar-refractivity contribution >= 4 is 34.1 Å². The zero-order valence-electron chi connectivity index (χ0n) is 18.2. The molecule has 0 radical (unpaired) electrons. The van der Waals surface area contributed by atoms with E-state index in [4.69, 9.17) is 15.2 Å². The number of amides is 2. The standard InChI is InChI=1S/C22H24N4O5S/c1-5-30-22(29)17-14(4)18(19(23)27)32-21(17)24-20(28)15-8-9-26(25-15)11-31-16-7-6-12(2)10-13(16)3/h6-10H,5,11H2,1-4H3,(H2,23,27)(H,24,28). The van der Waals surface area contributed by atoms with E-state index in [2.05, 4.69) is 10.4 Å². The Morgan fingerprint density at radius 1 is 1.19 bits per heavy atom. The lowest BCUT2D eigenvalue weighted by Crippen LogP contribution is -2.16. The molecule has 168 valence electrons. The zero-order valence-corrected chi connectivity index (χ0v) is 19.0. The average molecular weight is 457 g/mol. The summed E-state index contributed by atoms with van der Waals surface area (Å²) in [6.07, 6.45) is 1.61. The van der Waals surface area contributed by atoms with Crippen LogP contribution in [-0.4, -0.2) is 34.2 Å². The molecule has 1 aromatic carbocycles. The molecule has 0 unspecified atom stereocenters. The molecule has 2 amide bonds. The molecule has 0 saturated heterocycles. The van der Waals surface area contributed by atoms with Crippen LogP contribution in [0.15, 0.2) is 30.5 Å². The first kappa shape index (κ1) is 23.0. The van der Waals surface area contributed by atoms with Crippen LogP contribution >= 0.6 is 11.3 Å². The fourth-order valence-electron chi connectivity index (χ4n) is 3.10. The first-order valence-electron chi connectivity index (χ1n) is 9.86. The van der Waals surface area contributed by atoms with Gasteiger partial charge in [-0.25, -0.2) is 9.48 Å². The van der Waals surface area contributed by atoms with Gasteiger partial charge in [0.05, 0.1) is 17.0 Å². The summed E-state index contributed by atoms with van der Waals surface area (Å²) >= 11 is 0.922. The van der Waals surface area contributed by atoms with Crippen molar-refractivity contribution in [1.82, 2.24) is 9.78 Å². The van der Waals surface area contributed by atoms with E-state index in [1.807, 2.05) is 32.0 Å². The molecular weight excluding hydrogens is 432 g/mol. The van der Waals surface area contributed by atoms with Crippen LogP contribution in [0.1, 0.15) is 54.1 Å². The van der Waals surface area contributed by atoms with Crippen molar-refractivity contribution < 1.29 is 23.9 Å². The average Bonchev–Trinajstić information content (AvgIpc) is 3.32. The highest BCUT2D eigenvalue weighted by Gasteiger charge is 2.26. The number of carbonyl (C=O) groups is 3. The second-order valence-corrected chi connectivity index (χ2v) is 8.10. The minimum Gasteiger partial charge on any atom is -0.471 e. The number of ether oxygens (including phenoxy) is 2. The molecule has 2 aromatic heterocycles. The van der Waals surface area contributed by atoms with Crippen LogP contribution in [-0.2, 0) is 11.5 Å². The number of nitrogens with one attached hydrogen (secondary N) is 1. The molecule has 0 spiro atoms. The molecule has 3 rings (SSSR count). The molecule has 0 aliphatic rings. The maximum absolute atomic E-state index is 12.7. The third-order valence-electron chi connectivity index (χ3n) is 4.63. The van der Waals surface area contributed by atoms with E-state index in [0.29, 0.717) is 5.56 Å². The number of rotatable bonds is 8. The molecule has 0 aliphatic heterocycles. The smallest absolute Gasteiger partial charge is 0.341 e. The molecule has 3 N–H and O–H groups in total. The van der Waals surface area contributed by atoms with Gasteiger partial charge >= 0.3 is 5.97 Å². The second kappa shape index (κ2) is 9.65. The molecule has 2 heterocycles. The van der Waals surface area contributed by atoms with Gasteiger partial charge in [0, 0.05) is 6.20 Å². The van der Waals surface area contributed by atoms with Gasteiger partial charge in [0.1, 0.15) is 10.8 Å². The molecule has 0 fully saturated rings. The minimum atomic E-state index is -0.689. The van der Waals surface area contributed by atoms with Crippen LogP contribution in [0.2, 0.25) is 0 Å². The third kappa shape index (κ3) is 4.97. The summed E-state index contributed by atoms with van der Waals surface area (Å²) in [5.74, 6) is -1.15. The van der Waals surface area contributed by atoms with Crippen molar-refractivity contribution in [2.24, 2.45) is 5.73 Å². The van der Waals surface area contributed by atoms with Crippen LogP contribution in [0.4, 0.5) is 5.00 Å². The van der Waals surface area contributed by atoms with E-state index in [1.165, 1.54) is 10.7 Å². The number of aryl methyl sites for hydroxylation is 2. The summed E-state index contributed by atoms with van der Waals surface area (Å²) in [4.78, 5) is 37.0. The second-order valence-electron chi connectivity index (χ2n) is 7.08. The molecule has 0 bridgehead atoms. The Morgan fingerprint density at radius 3 is 2.59 bits per heavy atom. The third-order valence-corrected chi connectivity index (χ3v) is 5.86. The van der Waals surface area contributed by atoms with Gasteiger partial charge in [0.2, 0.25) is 0 Å². The number of aromatic nitrogens is 2. The Labute approximate surface area is 189 Å². The van der Waals surface area contributed by atoms with E-state index in [-0.39, 0.29) is 34.5 Å². The van der Waals surface area contributed by atoms with Gasteiger partial charge in [0.15, 0.2) is 12.4 Å². The van der Waals surface area contributed by atoms with Gasteiger partial charge in [-0.15, -0.1) is 11.3 Å². The molecule has 9 nitrogen and oxygen atoms in total. The van der Waals surface area contributed by atoms with Gasteiger partial charge in [-0.3, -0.25) is 9.59 Å². The van der Waals surface area contributed by atoms with Gasteiger partial charge in [-0.1, -0.05) is 17.7 Å². The first-order valence-corrected chi connectivity index (χ1v) is 10.7. The Balaban J connectivity index is 1.75. The molecule has 3 aromatic rings. The number of nitrogens with two attached hydrogens (primary N) is 1. The van der Waals surface area contributed by atoms with Crippen LogP contribution in [0, 0.1) is 20.8 Å². The predicted molar refractivity (Wildman–Crippen MR) is 120 cm³/mol.